The zero-order chi connectivity index (χ0) is 14.5. The van der Waals surface area contributed by atoms with Crippen molar-refractivity contribution in [3.05, 3.63) is 34.6 Å². The van der Waals surface area contributed by atoms with Gasteiger partial charge in [0.25, 0.3) is 0 Å². The zero-order valence-corrected chi connectivity index (χ0v) is 12.9. The van der Waals surface area contributed by atoms with Gasteiger partial charge in [-0.2, -0.15) is 11.8 Å². The molecule has 0 aromatic heterocycles. The second-order valence-electron chi connectivity index (χ2n) is 4.89. The molecular formula is C14H18ClFN2OS. The van der Waals surface area contributed by atoms with Gasteiger partial charge in [0.05, 0.1) is 6.04 Å². The van der Waals surface area contributed by atoms with E-state index in [0.29, 0.717) is 11.4 Å². The summed E-state index contributed by atoms with van der Waals surface area (Å²) in [6.45, 7) is 2.79. The van der Waals surface area contributed by atoms with Crippen molar-refractivity contribution in [1.29, 1.82) is 0 Å². The largest absolute Gasteiger partial charge is 0.349 e. The predicted molar refractivity (Wildman–Crippen MR) is 81.7 cm³/mol. The minimum absolute atomic E-state index is 0.0158. The second-order valence-corrected chi connectivity index (χ2v) is 6.44. The average molecular weight is 317 g/mol. The van der Waals surface area contributed by atoms with Gasteiger partial charge in [0.15, 0.2) is 0 Å². The van der Waals surface area contributed by atoms with Crippen molar-refractivity contribution in [2.75, 3.05) is 18.1 Å². The normalized spacial score (nSPS) is 20.4. The third-order valence-electron chi connectivity index (χ3n) is 3.24. The van der Waals surface area contributed by atoms with E-state index >= 15 is 0 Å². The van der Waals surface area contributed by atoms with Crippen LogP contribution in [0.5, 0.6) is 0 Å². The van der Waals surface area contributed by atoms with Crippen LogP contribution in [0.3, 0.4) is 0 Å². The number of rotatable bonds is 4. The number of amides is 1. The molecule has 2 atom stereocenters. The average Bonchev–Trinajstić information content (AvgIpc) is 2.39. The molecule has 1 amide bonds. The summed E-state index contributed by atoms with van der Waals surface area (Å²) in [7, 11) is 0. The molecule has 0 saturated carbocycles. The molecule has 1 aliphatic heterocycles. The van der Waals surface area contributed by atoms with Crippen molar-refractivity contribution in [3.63, 3.8) is 0 Å². The molecule has 2 unspecified atom stereocenters. The lowest BCUT2D eigenvalue weighted by Gasteiger charge is -2.23. The fourth-order valence-corrected chi connectivity index (χ4v) is 3.49. The molecule has 2 rings (SSSR count). The van der Waals surface area contributed by atoms with Crippen LogP contribution in [-0.4, -0.2) is 30.0 Å². The number of carbonyl (C=O) groups excluding carboxylic acids is 1. The molecule has 1 fully saturated rings. The number of halogens is 2. The van der Waals surface area contributed by atoms with Crippen LogP contribution < -0.4 is 10.6 Å². The topological polar surface area (TPSA) is 41.1 Å². The van der Waals surface area contributed by atoms with Crippen LogP contribution in [0.4, 0.5) is 4.39 Å². The predicted octanol–water partition coefficient (Wildman–Crippen LogP) is 2.75. The van der Waals surface area contributed by atoms with E-state index in [4.69, 9.17) is 11.6 Å². The van der Waals surface area contributed by atoms with Gasteiger partial charge in [0.1, 0.15) is 5.82 Å². The molecule has 1 aliphatic rings. The molecule has 20 heavy (non-hydrogen) atoms. The van der Waals surface area contributed by atoms with E-state index in [1.165, 1.54) is 12.1 Å². The van der Waals surface area contributed by atoms with Crippen molar-refractivity contribution >= 4 is 29.3 Å². The maximum atomic E-state index is 13.0. The number of hydrogen-bond acceptors (Lipinski definition) is 3. The van der Waals surface area contributed by atoms with Gasteiger partial charge in [-0.25, -0.2) is 4.39 Å². The Hall–Kier alpha value is -0.780. The zero-order valence-electron chi connectivity index (χ0n) is 11.3. The Bertz CT molecular complexity index is 480. The first-order valence-corrected chi connectivity index (χ1v) is 8.15. The van der Waals surface area contributed by atoms with E-state index in [9.17, 15) is 9.18 Å². The highest BCUT2D eigenvalue weighted by molar-refractivity contribution is 7.99. The minimum Gasteiger partial charge on any atom is -0.349 e. The van der Waals surface area contributed by atoms with Crippen LogP contribution in [0.15, 0.2) is 18.2 Å². The fraction of sp³-hybridized carbons (Fsp3) is 0.500. The van der Waals surface area contributed by atoms with Gasteiger partial charge in [0, 0.05) is 35.5 Å². The van der Waals surface area contributed by atoms with E-state index in [1.807, 2.05) is 18.7 Å². The lowest BCUT2D eigenvalue weighted by Crippen LogP contribution is -2.41. The van der Waals surface area contributed by atoms with Crippen LogP contribution in [0.2, 0.25) is 5.02 Å². The third kappa shape index (κ3) is 4.36. The summed E-state index contributed by atoms with van der Waals surface area (Å²) >= 11 is 7.85. The lowest BCUT2D eigenvalue weighted by molar-refractivity contribution is -0.122. The number of thioether (sulfide) groups is 1. The molecule has 0 bridgehead atoms. The Morgan fingerprint density at radius 1 is 1.65 bits per heavy atom. The van der Waals surface area contributed by atoms with Crippen LogP contribution in [-0.2, 0) is 4.79 Å². The summed E-state index contributed by atoms with van der Waals surface area (Å²) in [4.78, 5) is 12.0. The van der Waals surface area contributed by atoms with E-state index in [-0.39, 0.29) is 23.8 Å². The molecule has 1 aromatic carbocycles. The highest BCUT2D eigenvalue weighted by Crippen LogP contribution is 2.23. The molecule has 6 heteroatoms. The number of nitrogens with one attached hydrogen (secondary N) is 2. The van der Waals surface area contributed by atoms with Crippen LogP contribution in [0.1, 0.15) is 24.9 Å². The summed E-state index contributed by atoms with van der Waals surface area (Å²) < 4.78 is 13.0. The lowest BCUT2D eigenvalue weighted by atomic mass is 10.1. The number of hydrogen-bond donors (Lipinski definition) is 2. The maximum Gasteiger partial charge on any atom is 0.222 e. The van der Waals surface area contributed by atoms with Crippen molar-refractivity contribution < 1.29 is 9.18 Å². The van der Waals surface area contributed by atoms with Gasteiger partial charge in [-0.15, -0.1) is 0 Å². The van der Waals surface area contributed by atoms with Gasteiger partial charge in [-0.3, -0.25) is 4.79 Å². The molecule has 0 spiro atoms. The van der Waals surface area contributed by atoms with Gasteiger partial charge in [-0.1, -0.05) is 17.7 Å². The Balaban J connectivity index is 1.89. The second kappa shape index (κ2) is 7.29. The van der Waals surface area contributed by atoms with E-state index in [2.05, 4.69) is 10.6 Å². The Morgan fingerprint density at radius 3 is 3.10 bits per heavy atom. The summed E-state index contributed by atoms with van der Waals surface area (Å²) in [5.74, 6) is 1.66. The number of benzene rings is 1. The summed E-state index contributed by atoms with van der Waals surface area (Å²) in [5.41, 5.74) is 0.729. The van der Waals surface area contributed by atoms with Gasteiger partial charge in [-0.05, 0) is 24.6 Å². The summed E-state index contributed by atoms with van der Waals surface area (Å²) in [6.07, 6.45) is 0.455. The quantitative estimate of drug-likeness (QED) is 0.897. The first-order chi connectivity index (χ1) is 9.56. The molecule has 110 valence electrons. The Kier molecular flexibility index (Phi) is 5.69. The van der Waals surface area contributed by atoms with Crippen LogP contribution in [0, 0.1) is 5.82 Å². The molecular weight excluding hydrogens is 299 g/mol. The van der Waals surface area contributed by atoms with Gasteiger partial charge < -0.3 is 10.6 Å². The molecule has 1 saturated heterocycles. The molecule has 0 aliphatic carbocycles. The van der Waals surface area contributed by atoms with Crippen LogP contribution in [0.25, 0.3) is 0 Å². The monoisotopic (exact) mass is 316 g/mol. The van der Waals surface area contributed by atoms with Crippen molar-refractivity contribution in [2.24, 2.45) is 0 Å². The van der Waals surface area contributed by atoms with Gasteiger partial charge in [0.2, 0.25) is 5.91 Å². The van der Waals surface area contributed by atoms with Crippen LogP contribution >= 0.6 is 23.4 Å². The van der Waals surface area contributed by atoms with Crippen molar-refractivity contribution in [1.82, 2.24) is 10.6 Å². The first kappa shape index (κ1) is 15.6. The Morgan fingerprint density at radius 2 is 2.45 bits per heavy atom. The van der Waals surface area contributed by atoms with E-state index in [0.717, 1.165) is 23.6 Å². The van der Waals surface area contributed by atoms with Crippen molar-refractivity contribution in [3.8, 4) is 0 Å². The highest BCUT2D eigenvalue weighted by Gasteiger charge is 2.19. The fourth-order valence-electron chi connectivity index (χ4n) is 2.21. The number of carbonyl (C=O) groups is 1. The van der Waals surface area contributed by atoms with Crippen molar-refractivity contribution in [2.45, 2.75) is 25.4 Å². The highest BCUT2D eigenvalue weighted by atomic mass is 35.5. The molecule has 2 N–H and O–H groups in total. The summed E-state index contributed by atoms with van der Waals surface area (Å²) in [5, 5.41) is 6.57. The van der Waals surface area contributed by atoms with E-state index in [1.54, 1.807) is 6.07 Å². The van der Waals surface area contributed by atoms with Gasteiger partial charge >= 0.3 is 0 Å². The molecule has 3 nitrogen and oxygen atoms in total. The smallest absolute Gasteiger partial charge is 0.222 e. The standard InChI is InChI=1S/C14H18ClFN2OS/c1-9(12-3-2-10(16)6-13(12)15)18-14(19)7-11-8-20-5-4-17-11/h2-3,6,9,11,17H,4-5,7-8H2,1H3,(H,18,19). The molecule has 0 radical (unpaired) electrons. The first-order valence-electron chi connectivity index (χ1n) is 6.61. The van der Waals surface area contributed by atoms with E-state index < -0.39 is 0 Å². The SMILES string of the molecule is CC(NC(=O)CC1CSCCN1)c1ccc(F)cc1Cl. The minimum atomic E-state index is -0.374. The Labute approximate surface area is 127 Å². The maximum absolute atomic E-state index is 13.0. The molecule has 1 aromatic rings. The third-order valence-corrected chi connectivity index (χ3v) is 4.69. The summed E-state index contributed by atoms with van der Waals surface area (Å²) in [6, 6.07) is 4.22. The molecule has 1 heterocycles.